The first-order valence-corrected chi connectivity index (χ1v) is 8.90. The Hall–Kier alpha value is -2.22. The summed E-state index contributed by atoms with van der Waals surface area (Å²) in [4.78, 5) is 17.1. The molecule has 0 fully saturated rings. The molecule has 0 spiro atoms. The molecule has 8 heteroatoms. The van der Waals surface area contributed by atoms with Gasteiger partial charge in [0, 0.05) is 24.4 Å². The normalized spacial score (nSPS) is 18.2. The third-order valence-corrected chi connectivity index (χ3v) is 4.43. The Morgan fingerprint density at radius 2 is 2.28 bits per heavy atom. The molecule has 2 unspecified atom stereocenters. The number of carbonyl (C=O) groups excluding carboxylic acids is 1. The number of rotatable bonds is 6. The molecule has 8 nitrogen and oxygen atoms in total. The van der Waals surface area contributed by atoms with Crippen LogP contribution in [0.3, 0.4) is 0 Å². The summed E-state index contributed by atoms with van der Waals surface area (Å²) >= 11 is 0. The van der Waals surface area contributed by atoms with E-state index in [2.05, 4.69) is 39.7 Å². The molecule has 0 radical (unpaired) electrons. The first-order valence-electron chi connectivity index (χ1n) is 8.90. The van der Waals surface area contributed by atoms with Crippen LogP contribution < -0.4 is 10.6 Å². The summed E-state index contributed by atoms with van der Waals surface area (Å²) in [5, 5.41) is 14.7. The Morgan fingerprint density at radius 1 is 1.48 bits per heavy atom. The van der Waals surface area contributed by atoms with Gasteiger partial charge in [-0.2, -0.15) is 5.10 Å². The highest BCUT2D eigenvalue weighted by Gasteiger charge is 2.26. The van der Waals surface area contributed by atoms with Gasteiger partial charge in [0.15, 0.2) is 11.6 Å². The molecular weight excluding hydrogens is 320 g/mol. The van der Waals surface area contributed by atoms with E-state index in [1.165, 1.54) is 0 Å². The number of carbonyl (C=O) groups is 1. The molecule has 136 valence electrons. The average Bonchev–Trinajstić information content (AvgIpc) is 3.18. The minimum absolute atomic E-state index is 0.0944. The minimum atomic E-state index is -0.281. The highest BCUT2D eigenvalue weighted by Crippen LogP contribution is 2.18. The van der Waals surface area contributed by atoms with Crippen molar-refractivity contribution in [2.75, 3.05) is 5.32 Å². The van der Waals surface area contributed by atoms with Crippen LogP contribution in [0, 0.1) is 6.92 Å². The maximum Gasteiger partial charge on any atom is 0.242 e. The van der Waals surface area contributed by atoms with Gasteiger partial charge in [0.25, 0.3) is 0 Å². The quantitative estimate of drug-likeness (QED) is 0.830. The van der Waals surface area contributed by atoms with Crippen LogP contribution in [0.4, 0.5) is 5.82 Å². The van der Waals surface area contributed by atoms with Gasteiger partial charge in [0.1, 0.15) is 11.6 Å². The average molecular weight is 346 g/mol. The fourth-order valence-corrected chi connectivity index (χ4v) is 3.01. The lowest BCUT2D eigenvalue weighted by Crippen LogP contribution is -2.48. The van der Waals surface area contributed by atoms with E-state index < -0.39 is 0 Å². The van der Waals surface area contributed by atoms with Gasteiger partial charge in [-0.1, -0.05) is 25.9 Å². The summed E-state index contributed by atoms with van der Waals surface area (Å²) in [6.45, 7) is 8.72. The first-order chi connectivity index (χ1) is 12.0. The van der Waals surface area contributed by atoms with Crippen molar-refractivity contribution in [3.05, 3.63) is 23.5 Å². The van der Waals surface area contributed by atoms with Gasteiger partial charge in [-0.3, -0.25) is 4.79 Å². The van der Waals surface area contributed by atoms with Crippen molar-refractivity contribution >= 4 is 11.7 Å². The maximum absolute atomic E-state index is 12.5. The van der Waals surface area contributed by atoms with Crippen molar-refractivity contribution in [2.24, 2.45) is 0 Å². The van der Waals surface area contributed by atoms with E-state index in [4.69, 9.17) is 4.52 Å². The molecule has 0 aromatic carbocycles. The van der Waals surface area contributed by atoms with Crippen molar-refractivity contribution in [2.45, 2.75) is 71.5 Å². The fraction of sp³-hybridized carbons (Fsp3) is 0.647. The third kappa shape index (κ3) is 4.07. The van der Waals surface area contributed by atoms with Crippen LogP contribution in [0.2, 0.25) is 0 Å². The predicted molar refractivity (Wildman–Crippen MR) is 93.3 cm³/mol. The molecule has 2 aromatic heterocycles. The number of aryl methyl sites for hydroxylation is 2. The molecule has 3 rings (SSSR count). The number of hydrogen-bond donors (Lipinski definition) is 2. The monoisotopic (exact) mass is 346 g/mol. The molecule has 2 N–H and O–H groups in total. The SMILES string of the molecule is CCC(NC1CCc2nc(C(C)C)nn2C1)C(=O)Nc1cc(C)on1. The van der Waals surface area contributed by atoms with E-state index in [-0.39, 0.29) is 18.0 Å². The fourth-order valence-electron chi connectivity index (χ4n) is 3.01. The van der Waals surface area contributed by atoms with Crippen molar-refractivity contribution in [1.82, 2.24) is 25.2 Å². The highest BCUT2D eigenvalue weighted by atomic mass is 16.5. The largest absolute Gasteiger partial charge is 0.360 e. The molecule has 0 saturated heterocycles. The molecule has 25 heavy (non-hydrogen) atoms. The molecular formula is C17H26N6O2. The van der Waals surface area contributed by atoms with E-state index in [1.54, 1.807) is 13.0 Å². The predicted octanol–water partition coefficient (Wildman–Crippen LogP) is 2.02. The van der Waals surface area contributed by atoms with Crippen molar-refractivity contribution in [3.8, 4) is 0 Å². The van der Waals surface area contributed by atoms with Crippen molar-refractivity contribution in [3.63, 3.8) is 0 Å². The van der Waals surface area contributed by atoms with Gasteiger partial charge in [-0.15, -0.1) is 0 Å². The number of nitrogens with one attached hydrogen (secondary N) is 2. The summed E-state index contributed by atoms with van der Waals surface area (Å²) in [7, 11) is 0. The van der Waals surface area contributed by atoms with Gasteiger partial charge < -0.3 is 15.2 Å². The van der Waals surface area contributed by atoms with E-state index in [9.17, 15) is 4.79 Å². The zero-order chi connectivity index (χ0) is 18.0. The molecule has 1 aliphatic rings. The summed E-state index contributed by atoms with van der Waals surface area (Å²) in [6.07, 6.45) is 2.52. The van der Waals surface area contributed by atoms with Gasteiger partial charge in [-0.25, -0.2) is 9.67 Å². The standard InChI is InChI=1S/C17H26N6O2/c1-5-13(17(24)19-14-8-11(4)25-22-14)18-12-6-7-15-20-16(10(2)3)21-23(15)9-12/h8,10,12-13,18H,5-7,9H2,1-4H3,(H,19,22,24). The number of fused-ring (bicyclic) bond motifs is 1. The van der Waals surface area contributed by atoms with Gasteiger partial charge in [0.2, 0.25) is 5.91 Å². The van der Waals surface area contributed by atoms with Crippen molar-refractivity contribution in [1.29, 1.82) is 0 Å². The summed E-state index contributed by atoms with van der Waals surface area (Å²) in [5.74, 6) is 3.28. The lowest BCUT2D eigenvalue weighted by Gasteiger charge is -2.27. The van der Waals surface area contributed by atoms with E-state index in [0.29, 0.717) is 23.9 Å². The molecule has 1 amide bonds. The number of aromatic nitrogens is 4. The Balaban J connectivity index is 1.61. The molecule has 0 saturated carbocycles. The van der Waals surface area contributed by atoms with Crippen LogP contribution in [-0.4, -0.2) is 37.9 Å². The second-order valence-electron chi connectivity index (χ2n) is 6.90. The second-order valence-corrected chi connectivity index (χ2v) is 6.90. The van der Waals surface area contributed by atoms with Gasteiger partial charge in [-0.05, 0) is 19.8 Å². The van der Waals surface area contributed by atoms with Crippen molar-refractivity contribution < 1.29 is 9.32 Å². The van der Waals surface area contributed by atoms with Crippen LogP contribution in [0.15, 0.2) is 10.6 Å². The zero-order valence-corrected chi connectivity index (χ0v) is 15.2. The number of anilines is 1. The van der Waals surface area contributed by atoms with Crippen LogP contribution in [0.1, 0.15) is 56.9 Å². The van der Waals surface area contributed by atoms with E-state index >= 15 is 0 Å². The Bertz CT molecular complexity index is 735. The Morgan fingerprint density at radius 3 is 2.92 bits per heavy atom. The second kappa shape index (κ2) is 7.35. The number of hydrogen-bond acceptors (Lipinski definition) is 6. The maximum atomic E-state index is 12.5. The number of nitrogens with zero attached hydrogens (tertiary/aromatic N) is 4. The third-order valence-electron chi connectivity index (χ3n) is 4.43. The Kier molecular flexibility index (Phi) is 5.17. The molecule has 2 aromatic rings. The van der Waals surface area contributed by atoms with Gasteiger partial charge in [0.05, 0.1) is 12.6 Å². The molecule has 2 atom stereocenters. The summed E-state index contributed by atoms with van der Waals surface area (Å²) in [5.41, 5.74) is 0. The smallest absolute Gasteiger partial charge is 0.242 e. The summed E-state index contributed by atoms with van der Waals surface area (Å²) < 4.78 is 6.96. The summed E-state index contributed by atoms with van der Waals surface area (Å²) in [6, 6.07) is 1.63. The van der Waals surface area contributed by atoms with Crippen LogP contribution in [-0.2, 0) is 17.8 Å². The molecule has 0 bridgehead atoms. The van der Waals surface area contributed by atoms with Crippen LogP contribution in [0.25, 0.3) is 0 Å². The van der Waals surface area contributed by atoms with E-state index in [0.717, 1.165) is 31.0 Å². The van der Waals surface area contributed by atoms with Crippen LogP contribution in [0.5, 0.6) is 0 Å². The topological polar surface area (TPSA) is 97.9 Å². The first kappa shape index (κ1) is 17.6. The lowest BCUT2D eigenvalue weighted by molar-refractivity contribution is -0.118. The number of amides is 1. The molecule has 0 aliphatic carbocycles. The lowest BCUT2D eigenvalue weighted by atomic mass is 10.1. The molecule has 3 heterocycles. The minimum Gasteiger partial charge on any atom is -0.360 e. The van der Waals surface area contributed by atoms with Gasteiger partial charge >= 0.3 is 0 Å². The highest BCUT2D eigenvalue weighted by molar-refractivity contribution is 5.94. The van der Waals surface area contributed by atoms with Crippen LogP contribution >= 0.6 is 0 Å². The Labute approximate surface area is 147 Å². The molecule has 1 aliphatic heterocycles. The van der Waals surface area contributed by atoms with E-state index in [1.807, 2.05) is 11.6 Å². The zero-order valence-electron chi connectivity index (χ0n) is 15.2.